The number of hydroxylamine groups is 1. The van der Waals surface area contributed by atoms with Crippen LogP contribution in [-0.4, -0.2) is 6.61 Å². The summed E-state index contributed by atoms with van der Waals surface area (Å²) < 4.78 is 0. The summed E-state index contributed by atoms with van der Waals surface area (Å²) in [7, 11) is 0. The second-order valence-electron chi connectivity index (χ2n) is 4.84. The molecule has 2 heteroatoms. The van der Waals surface area contributed by atoms with Gasteiger partial charge in [-0.1, -0.05) is 49.6 Å². The van der Waals surface area contributed by atoms with E-state index in [1.165, 1.54) is 37.7 Å². The van der Waals surface area contributed by atoms with E-state index in [0.29, 0.717) is 6.04 Å². The summed E-state index contributed by atoms with van der Waals surface area (Å²) in [6.45, 7) is 2.74. The zero-order valence-electron chi connectivity index (χ0n) is 10.7. The van der Waals surface area contributed by atoms with Crippen LogP contribution in [-0.2, 0) is 4.84 Å². The molecule has 17 heavy (non-hydrogen) atoms. The van der Waals surface area contributed by atoms with Gasteiger partial charge in [-0.05, 0) is 31.2 Å². The highest BCUT2D eigenvalue weighted by atomic mass is 16.6. The van der Waals surface area contributed by atoms with E-state index >= 15 is 0 Å². The fourth-order valence-corrected chi connectivity index (χ4v) is 2.74. The number of hydrogen-bond donors (Lipinski definition) is 1. The first-order valence-corrected chi connectivity index (χ1v) is 6.84. The molecule has 1 N–H and O–H groups in total. The van der Waals surface area contributed by atoms with Gasteiger partial charge in [-0.25, -0.2) is 0 Å². The van der Waals surface area contributed by atoms with Crippen LogP contribution in [0.5, 0.6) is 0 Å². The van der Waals surface area contributed by atoms with Crippen LogP contribution in [0.1, 0.15) is 50.6 Å². The van der Waals surface area contributed by atoms with Crippen molar-refractivity contribution in [3.8, 4) is 0 Å². The quantitative estimate of drug-likeness (QED) is 0.780. The van der Waals surface area contributed by atoms with Crippen LogP contribution in [0.25, 0.3) is 0 Å². The minimum atomic E-state index is 0.358. The van der Waals surface area contributed by atoms with Gasteiger partial charge in [0, 0.05) is 0 Å². The third kappa shape index (κ3) is 3.55. The van der Waals surface area contributed by atoms with E-state index in [0.717, 1.165) is 12.5 Å². The molecule has 1 aromatic carbocycles. The first-order chi connectivity index (χ1) is 8.42. The van der Waals surface area contributed by atoms with Gasteiger partial charge in [-0.2, -0.15) is 5.48 Å². The zero-order valence-corrected chi connectivity index (χ0v) is 10.7. The molecule has 1 saturated carbocycles. The van der Waals surface area contributed by atoms with Crippen molar-refractivity contribution in [2.75, 3.05) is 6.61 Å². The van der Waals surface area contributed by atoms with Crippen LogP contribution in [0.3, 0.4) is 0 Å². The monoisotopic (exact) mass is 233 g/mol. The Morgan fingerprint density at radius 3 is 2.53 bits per heavy atom. The van der Waals surface area contributed by atoms with Gasteiger partial charge in [0.2, 0.25) is 0 Å². The van der Waals surface area contributed by atoms with E-state index < -0.39 is 0 Å². The maximum atomic E-state index is 5.45. The molecule has 0 radical (unpaired) electrons. The molecular weight excluding hydrogens is 210 g/mol. The van der Waals surface area contributed by atoms with Crippen LogP contribution in [0, 0.1) is 5.92 Å². The van der Waals surface area contributed by atoms with Gasteiger partial charge in [0.25, 0.3) is 0 Å². The molecule has 1 fully saturated rings. The van der Waals surface area contributed by atoms with Crippen LogP contribution >= 0.6 is 0 Å². The van der Waals surface area contributed by atoms with Crippen molar-refractivity contribution in [3.63, 3.8) is 0 Å². The highest BCUT2D eigenvalue weighted by Gasteiger charge is 2.24. The van der Waals surface area contributed by atoms with Crippen molar-refractivity contribution in [1.82, 2.24) is 5.48 Å². The maximum Gasteiger partial charge on any atom is 0.0654 e. The standard InChI is InChI=1S/C15H23NO/c1-2-17-16-15(13-9-5-3-6-10-13)14-11-7-4-8-12-14/h3,5-6,9-10,14-16H,2,4,7-8,11-12H2,1H3. The maximum absolute atomic E-state index is 5.45. The zero-order chi connectivity index (χ0) is 11.9. The largest absolute Gasteiger partial charge is 0.301 e. The van der Waals surface area contributed by atoms with Crippen molar-refractivity contribution in [3.05, 3.63) is 35.9 Å². The first kappa shape index (κ1) is 12.6. The molecule has 1 aliphatic rings. The van der Waals surface area contributed by atoms with E-state index in [2.05, 4.69) is 35.8 Å². The first-order valence-electron chi connectivity index (χ1n) is 6.84. The average Bonchev–Trinajstić information content (AvgIpc) is 2.42. The SMILES string of the molecule is CCONC(c1ccccc1)C1CCCCC1. The average molecular weight is 233 g/mol. The fraction of sp³-hybridized carbons (Fsp3) is 0.600. The molecule has 1 aromatic rings. The van der Waals surface area contributed by atoms with E-state index in [1.54, 1.807) is 0 Å². The van der Waals surface area contributed by atoms with E-state index in [1.807, 2.05) is 6.92 Å². The molecule has 0 saturated heterocycles. The molecule has 0 amide bonds. The van der Waals surface area contributed by atoms with Crippen LogP contribution < -0.4 is 5.48 Å². The third-order valence-corrected chi connectivity index (χ3v) is 3.63. The number of rotatable bonds is 5. The summed E-state index contributed by atoms with van der Waals surface area (Å²) in [6, 6.07) is 11.0. The van der Waals surface area contributed by atoms with Gasteiger partial charge in [0.1, 0.15) is 0 Å². The van der Waals surface area contributed by atoms with Crippen LogP contribution in [0.2, 0.25) is 0 Å². The molecule has 1 aliphatic carbocycles. The van der Waals surface area contributed by atoms with Gasteiger partial charge in [0.15, 0.2) is 0 Å². The predicted octanol–water partition coefficient (Wildman–Crippen LogP) is 3.85. The summed E-state index contributed by atoms with van der Waals surface area (Å²) in [6.07, 6.45) is 6.76. The molecule has 94 valence electrons. The Bertz CT molecular complexity index is 306. The number of benzene rings is 1. The Kier molecular flexibility index (Phi) is 5.02. The Balaban J connectivity index is 2.06. The Hall–Kier alpha value is -0.860. The van der Waals surface area contributed by atoms with E-state index in [9.17, 15) is 0 Å². The Labute approximate surface area is 104 Å². The molecule has 0 bridgehead atoms. The minimum Gasteiger partial charge on any atom is -0.301 e. The fourth-order valence-electron chi connectivity index (χ4n) is 2.74. The molecule has 0 spiro atoms. The minimum absolute atomic E-state index is 0.358. The second-order valence-corrected chi connectivity index (χ2v) is 4.84. The lowest BCUT2D eigenvalue weighted by Crippen LogP contribution is -2.30. The lowest BCUT2D eigenvalue weighted by molar-refractivity contribution is 0.00249. The lowest BCUT2D eigenvalue weighted by Gasteiger charge is -2.30. The molecule has 0 aromatic heterocycles. The van der Waals surface area contributed by atoms with Crippen molar-refractivity contribution in [2.45, 2.75) is 45.1 Å². The molecule has 0 heterocycles. The highest BCUT2D eigenvalue weighted by Crippen LogP contribution is 2.34. The van der Waals surface area contributed by atoms with Gasteiger partial charge in [-0.3, -0.25) is 0 Å². The number of hydrogen-bond acceptors (Lipinski definition) is 2. The summed E-state index contributed by atoms with van der Waals surface area (Å²) in [4.78, 5) is 5.45. The Morgan fingerprint density at radius 1 is 1.18 bits per heavy atom. The normalized spacial score (nSPS) is 19.1. The summed E-state index contributed by atoms with van der Waals surface area (Å²) in [5, 5.41) is 0. The van der Waals surface area contributed by atoms with Gasteiger partial charge < -0.3 is 4.84 Å². The smallest absolute Gasteiger partial charge is 0.0654 e. The Morgan fingerprint density at radius 2 is 1.88 bits per heavy atom. The highest BCUT2D eigenvalue weighted by molar-refractivity contribution is 5.19. The van der Waals surface area contributed by atoms with Crippen LogP contribution in [0.15, 0.2) is 30.3 Å². The van der Waals surface area contributed by atoms with Crippen molar-refractivity contribution < 1.29 is 4.84 Å². The summed E-state index contributed by atoms with van der Waals surface area (Å²) in [5.74, 6) is 0.720. The molecule has 2 rings (SSSR count). The van der Waals surface area contributed by atoms with Crippen molar-refractivity contribution >= 4 is 0 Å². The van der Waals surface area contributed by atoms with Crippen molar-refractivity contribution in [2.24, 2.45) is 5.92 Å². The topological polar surface area (TPSA) is 21.3 Å². The molecular formula is C15H23NO. The van der Waals surface area contributed by atoms with Crippen LogP contribution in [0.4, 0.5) is 0 Å². The number of nitrogens with one attached hydrogen (secondary N) is 1. The predicted molar refractivity (Wildman–Crippen MR) is 70.5 cm³/mol. The second kappa shape index (κ2) is 6.77. The van der Waals surface area contributed by atoms with E-state index in [4.69, 9.17) is 4.84 Å². The summed E-state index contributed by atoms with van der Waals surface area (Å²) >= 11 is 0. The molecule has 0 aliphatic heterocycles. The lowest BCUT2D eigenvalue weighted by atomic mass is 9.81. The summed E-state index contributed by atoms with van der Waals surface area (Å²) in [5.41, 5.74) is 4.61. The van der Waals surface area contributed by atoms with Gasteiger partial charge in [-0.15, -0.1) is 0 Å². The van der Waals surface area contributed by atoms with Gasteiger partial charge in [0.05, 0.1) is 12.6 Å². The van der Waals surface area contributed by atoms with Crippen molar-refractivity contribution in [1.29, 1.82) is 0 Å². The third-order valence-electron chi connectivity index (χ3n) is 3.63. The molecule has 1 atom stereocenters. The molecule has 2 nitrogen and oxygen atoms in total. The molecule has 1 unspecified atom stereocenters. The van der Waals surface area contributed by atoms with Gasteiger partial charge >= 0.3 is 0 Å². The van der Waals surface area contributed by atoms with E-state index in [-0.39, 0.29) is 0 Å².